The maximum Gasteiger partial charge on any atom is 0.294 e. The Kier molecular flexibility index (Phi) is 6.42. The van der Waals surface area contributed by atoms with E-state index in [9.17, 15) is 23.1 Å². The van der Waals surface area contributed by atoms with Gasteiger partial charge in [-0.3, -0.25) is 20.4 Å². The van der Waals surface area contributed by atoms with Crippen molar-refractivity contribution in [2.75, 3.05) is 0 Å². The number of nitrogens with one attached hydrogen (secondary N) is 2. The number of sulfone groups is 1. The summed E-state index contributed by atoms with van der Waals surface area (Å²) in [6.07, 6.45) is 1.28. The lowest BCUT2D eigenvalue weighted by Gasteiger charge is -2.09. The van der Waals surface area contributed by atoms with Crippen molar-refractivity contribution in [1.29, 1.82) is 0 Å². The highest BCUT2D eigenvalue weighted by Crippen LogP contribution is 2.18. The molecule has 0 atom stereocenters. The number of amides is 2. The van der Waals surface area contributed by atoms with Crippen LogP contribution in [0.3, 0.4) is 0 Å². The number of nitrogens with zero attached hydrogens (tertiary/aromatic N) is 2. The van der Waals surface area contributed by atoms with Crippen molar-refractivity contribution in [2.45, 2.75) is 10.6 Å². The molecule has 0 bridgehead atoms. The molecule has 0 unspecified atom stereocenters. The molecule has 10 heteroatoms. The van der Waals surface area contributed by atoms with E-state index in [4.69, 9.17) is 0 Å². The second-order valence-electron chi connectivity index (χ2n) is 7.32. The SMILES string of the molecule is O=C(NNC(=O)c1nn(-c2ccccc2)cc1O)c1cccc(CS(=O)(=O)c2ccccc2)c1. The third-order valence-corrected chi connectivity index (χ3v) is 6.57. The standard InChI is InChI=1S/C24H20N4O5S/c29-21-15-28(19-10-3-1-4-11-19)27-22(21)24(31)26-25-23(30)18-9-7-8-17(14-18)16-34(32,33)20-12-5-2-6-13-20/h1-15,29H,16H2,(H,25,30)(H,26,31). The van der Waals surface area contributed by atoms with Gasteiger partial charge in [-0.1, -0.05) is 48.5 Å². The Morgan fingerprint density at radius 2 is 1.50 bits per heavy atom. The molecule has 0 aliphatic rings. The van der Waals surface area contributed by atoms with Gasteiger partial charge in [-0.05, 0) is 42.0 Å². The molecule has 0 aliphatic heterocycles. The van der Waals surface area contributed by atoms with Gasteiger partial charge in [0.15, 0.2) is 21.3 Å². The summed E-state index contributed by atoms with van der Waals surface area (Å²) >= 11 is 0. The summed E-state index contributed by atoms with van der Waals surface area (Å²) in [7, 11) is -3.58. The van der Waals surface area contributed by atoms with Crippen LogP contribution in [0, 0.1) is 0 Å². The predicted molar refractivity (Wildman–Crippen MR) is 124 cm³/mol. The first-order valence-electron chi connectivity index (χ1n) is 10.1. The first-order valence-corrected chi connectivity index (χ1v) is 11.8. The summed E-state index contributed by atoms with van der Waals surface area (Å²) in [5, 5.41) is 14.1. The second-order valence-corrected chi connectivity index (χ2v) is 9.31. The van der Waals surface area contributed by atoms with Crippen molar-refractivity contribution in [3.05, 3.63) is 108 Å². The van der Waals surface area contributed by atoms with Gasteiger partial charge in [0, 0.05) is 5.56 Å². The molecule has 0 saturated carbocycles. The van der Waals surface area contributed by atoms with Crippen LogP contribution in [0.5, 0.6) is 5.75 Å². The Balaban J connectivity index is 1.42. The first kappa shape index (κ1) is 22.7. The maximum absolute atomic E-state index is 12.6. The summed E-state index contributed by atoms with van der Waals surface area (Å²) in [6, 6.07) is 23.0. The van der Waals surface area contributed by atoms with Crippen LogP contribution in [0.2, 0.25) is 0 Å². The van der Waals surface area contributed by atoms with Gasteiger partial charge in [0.25, 0.3) is 11.8 Å². The van der Waals surface area contributed by atoms with E-state index < -0.39 is 21.7 Å². The highest BCUT2D eigenvalue weighted by Gasteiger charge is 2.19. The van der Waals surface area contributed by atoms with Gasteiger partial charge < -0.3 is 5.11 Å². The Labute approximate surface area is 195 Å². The average molecular weight is 477 g/mol. The van der Waals surface area contributed by atoms with E-state index in [-0.39, 0.29) is 27.7 Å². The molecule has 4 aromatic rings. The largest absolute Gasteiger partial charge is 0.504 e. The predicted octanol–water partition coefficient (Wildman–Crippen LogP) is 2.63. The van der Waals surface area contributed by atoms with Gasteiger partial charge >= 0.3 is 0 Å². The molecule has 4 rings (SSSR count). The second kappa shape index (κ2) is 9.59. The topological polar surface area (TPSA) is 130 Å². The fourth-order valence-corrected chi connectivity index (χ4v) is 4.57. The van der Waals surface area contributed by atoms with Crippen LogP contribution >= 0.6 is 0 Å². The molecule has 34 heavy (non-hydrogen) atoms. The van der Waals surface area contributed by atoms with Gasteiger partial charge in [0.1, 0.15) is 0 Å². The number of aromatic nitrogens is 2. The molecule has 3 N–H and O–H groups in total. The minimum absolute atomic E-state index is 0.153. The summed E-state index contributed by atoms with van der Waals surface area (Å²) < 4.78 is 26.5. The van der Waals surface area contributed by atoms with Crippen LogP contribution in [0.15, 0.2) is 96.0 Å². The lowest BCUT2D eigenvalue weighted by Crippen LogP contribution is -2.41. The van der Waals surface area contributed by atoms with E-state index in [0.29, 0.717) is 11.3 Å². The van der Waals surface area contributed by atoms with Gasteiger partial charge in [0.05, 0.1) is 22.5 Å². The Bertz CT molecular complexity index is 1430. The highest BCUT2D eigenvalue weighted by atomic mass is 32.2. The minimum atomic E-state index is -3.58. The molecule has 2 amide bonds. The number of hydrogen-bond acceptors (Lipinski definition) is 6. The van der Waals surface area contributed by atoms with Crippen molar-refractivity contribution < 1.29 is 23.1 Å². The molecule has 172 valence electrons. The van der Waals surface area contributed by atoms with Gasteiger partial charge in [-0.25, -0.2) is 13.1 Å². The Morgan fingerprint density at radius 1 is 0.853 bits per heavy atom. The lowest BCUT2D eigenvalue weighted by atomic mass is 10.1. The lowest BCUT2D eigenvalue weighted by molar-refractivity contribution is 0.0842. The van der Waals surface area contributed by atoms with Crippen LogP contribution in [0.25, 0.3) is 5.69 Å². The van der Waals surface area contributed by atoms with Crippen molar-refractivity contribution in [2.24, 2.45) is 0 Å². The van der Waals surface area contributed by atoms with Crippen LogP contribution < -0.4 is 10.9 Å². The van der Waals surface area contributed by atoms with Gasteiger partial charge in [-0.2, -0.15) is 5.10 Å². The van der Waals surface area contributed by atoms with E-state index in [1.165, 1.54) is 35.1 Å². The van der Waals surface area contributed by atoms with E-state index in [2.05, 4.69) is 16.0 Å². The number of hydrazine groups is 1. The summed E-state index contributed by atoms with van der Waals surface area (Å²) in [5.74, 6) is -2.11. The third-order valence-electron chi connectivity index (χ3n) is 4.87. The fourth-order valence-electron chi connectivity index (χ4n) is 3.22. The quantitative estimate of drug-likeness (QED) is 0.367. The molecule has 9 nitrogen and oxygen atoms in total. The van der Waals surface area contributed by atoms with E-state index >= 15 is 0 Å². The van der Waals surface area contributed by atoms with Gasteiger partial charge in [0.2, 0.25) is 0 Å². The third kappa shape index (κ3) is 5.13. The van der Waals surface area contributed by atoms with Crippen molar-refractivity contribution in [3.63, 3.8) is 0 Å². The highest BCUT2D eigenvalue weighted by molar-refractivity contribution is 7.90. The molecule has 0 spiro atoms. The smallest absolute Gasteiger partial charge is 0.294 e. The number of carbonyl (C=O) groups excluding carboxylic acids is 2. The molecule has 0 radical (unpaired) electrons. The molecule has 0 aliphatic carbocycles. The van der Waals surface area contributed by atoms with Crippen LogP contribution in [0.4, 0.5) is 0 Å². The van der Waals surface area contributed by atoms with Crippen LogP contribution in [-0.4, -0.2) is 35.1 Å². The van der Waals surface area contributed by atoms with Crippen molar-refractivity contribution in [3.8, 4) is 11.4 Å². The number of carbonyl (C=O) groups is 2. The maximum atomic E-state index is 12.6. The van der Waals surface area contributed by atoms with Crippen molar-refractivity contribution in [1.82, 2.24) is 20.6 Å². The van der Waals surface area contributed by atoms with E-state index in [1.54, 1.807) is 54.6 Å². The monoisotopic (exact) mass is 476 g/mol. The molecule has 1 aromatic heterocycles. The number of benzene rings is 3. The fraction of sp³-hybridized carbons (Fsp3) is 0.0417. The molecule has 3 aromatic carbocycles. The van der Waals surface area contributed by atoms with Crippen LogP contribution in [0.1, 0.15) is 26.4 Å². The number of para-hydroxylation sites is 1. The zero-order valence-corrected chi connectivity index (χ0v) is 18.6. The molecule has 1 heterocycles. The van der Waals surface area contributed by atoms with E-state index in [1.807, 2.05) is 6.07 Å². The zero-order chi connectivity index (χ0) is 24.1. The van der Waals surface area contributed by atoms with Crippen LogP contribution in [-0.2, 0) is 15.6 Å². The van der Waals surface area contributed by atoms with Crippen molar-refractivity contribution >= 4 is 21.7 Å². The number of rotatable bonds is 6. The number of aromatic hydroxyl groups is 1. The average Bonchev–Trinajstić information content (AvgIpc) is 3.25. The zero-order valence-electron chi connectivity index (χ0n) is 17.8. The Morgan fingerprint density at radius 3 is 2.21 bits per heavy atom. The summed E-state index contributed by atoms with van der Waals surface area (Å²) in [4.78, 5) is 25.1. The molecular weight excluding hydrogens is 456 g/mol. The number of hydrogen-bond donors (Lipinski definition) is 3. The summed E-state index contributed by atoms with van der Waals surface area (Å²) in [5.41, 5.74) is 5.39. The van der Waals surface area contributed by atoms with Gasteiger partial charge in [-0.15, -0.1) is 0 Å². The molecule has 0 saturated heterocycles. The molecule has 0 fully saturated rings. The first-order chi connectivity index (χ1) is 16.3. The minimum Gasteiger partial charge on any atom is -0.504 e. The van der Waals surface area contributed by atoms with E-state index in [0.717, 1.165) is 0 Å². The Hall–Kier alpha value is -4.44. The molecular formula is C24H20N4O5S. The summed E-state index contributed by atoms with van der Waals surface area (Å²) in [6.45, 7) is 0. The normalized spacial score (nSPS) is 11.1.